The Morgan fingerprint density at radius 2 is 2.00 bits per heavy atom. The van der Waals surface area contributed by atoms with Crippen molar-refractivity contribution in [1.82, 2.24) is 10.5 Å². The molecule has 0 aliphatic carbocycles. The van der Waals surface area contributed by atoms with E-state index in [1.54, 1.807) is 6.92 Å². The number of alkyl halides is 3. The van der Waals surface area contributed by atoms with Crippen LogP contribution in [0.25, 0.3) is 0 Å². The summed E-state index contributed by atoms with van der Waals surface area (Å²) in [4.78, 5) is 11.6. The molecule has 3 N–H and O–H groups in total. The van der Waals surface area contributed by atoms with Crippen molar-refractivity contribution in [2.75, 3.05) is 11.9 Å². The van der Waals surface area contributed by atoms with Crippen LogP contribution in [-0.4, -0.2) is 29.0 Å². The smallest absolute Gasteiger partial charge is 0.424 e. The summed E-state index contributed by atoms with van der Waals surface area (Å²) < 4.78 is 49.3. The van der Waals surface area contributed by atoms with Gasteiger partial charge in [0, 0.05) is 19.0 Å². The van der Waals surface area contributed by atoms with E-state index in [4.69, 9.17) is 8.94 Å². The second kappa shape index (κ2) is 6.56. The van der Waals surface area contributed by atoms with Crippen LogP contribution in [0.15, 0.2) is 27.1 Å². The standard InChI is InChI=1S/C14H16F3N3O4/c1-8-3-4-10(23-8)13(22,14(15,16)17)5-6-18-12(21)19-11-7-9(2)24-20-11/h3-4,7,22H,5-6H2,1-2H3,(H2,18,19,20,21). The van der Waals surface area contributed by atoms with E-state index in [1.165, 1.54) is 19.1 Å². The lowest BCUT2D eigenvalue weighted by Gasteiger charge is -2.28. The zero-order valence-electron chi connectivity index (χ0n) is 12.9. The molecule has 7 nitrogen and oxygen atoms in total. The lowest BCUT2D eigenvalue weighted by atomic mass is 9.96. The predicted molar refractivity (Wildman–Crippen MR) is 76.3 cm³/mol. The first-order valence-corrected chi connectivity index (χ1v) is 6.96. The molecule has 1 unspecified atom stereocenters. The summed E-state index contributed by atoms with van der Waals surface area (Å²) in [6, 6.07) is 3.04. The fraction of sp³-hybridized carbons (Fsp3) is 0.429. The summed E-state index contributed by atoms with van der Waals surface area (Å²) in [5.74, 6) is 0.198. The molecule has 2 amide bonds. The number of carbonyl (C=O) groups excluding carboxylic acids is 1. The highest BCUT2D eigenvalue weighted by Crippen LogP contribution is 2.41. The van der Waals surface area contributed by atoms with Gasteiger partial charge in [0.25, 0.3) is 0 Å². The third-order valence-corrected chi connectivity index (χ3v) is 3.26. The predicted octanol–water partition coefficient (Wildman–Crippen LogP) is 2.85. The summed E-state index contributed by atoms with van der Waals surface area (Å²) in [7, 11) is 0. The van der Waals surface area contributed by atoms with E-state index in [-0.39, 0.29) is 11.6 Å². The second-order valence-electron chi connectivity index (χ2n) is 5.22. The van der Waals surface area contributed by atoms with E-state index in [0.717, 1.165) is 6.07 Å². The van der Waals surface area contributed by atoms with Crippen LogP contribution in [0.1, 0.15) is 23.7 Å². The molecule has 2 aromatic heterocycles. The van der Waals surface area contributed by atoms with Crippen molar-refractivity contribution < 1.29 is 32.0 Å². The number of rotatable bonds is 5. The molecule has 0 spiro atoms. The Balaban J connectivity index is 1.97. The molecule has 0 fully saturated rings. The van der Waals surface area contributed by atoms with E-state index < -0.39 is 36.5 Å². The van der Waals surface area contributed by atoms with Crippen molar-refractivity contribution in [3.8, 4) is 0 Å². The Kier molecular flexibility index (Phi) is 4.88. The molecule has 24 heavy (non-hydrogen) atoms. The van der Waals surface area contributed by atoms with Gasteiger partial charge in [-0.15, -0.1) is 0 Å². The first kappa shape index (κ1) is 17.9. The molecular formula is C14H16F3N3O4. The molecule has 2 aromatic rings. The molecular weight excluding hydrogens is 331 g/mol. The topological polar surface area (TPSA) is 101 Å². The van der Waals surface area contributed by atoms with Gasteiger partial charge in [0.2, 0.25) is 5.60 Å². The molecule has 0 bridgehead atoms. The van der Waals surface area contributed by atoms with Crippen LogP contribution in [0, 0.1) is 13.8 Å². The van der Waals surface area contributed by atoms with Crippen molar-refractivity contribution in [3.05, 3.63) is 35.5 Å². The van der Waals surface area contributed by atoms with Crippen molar-refractivity contribution in [1.29, 1.82) is 0 Å². The van der Waals surface area contributed by atoms with Crippen molar-refractivity contribution in [3.63, 3.8) is 0 Å². The number of furan rings is 1. The van der Waals surface area contributed by atoms with E-state index in [2.05, 4.69) is 15.8 Å². The maximum atomic E-state index is 13.2. The Morgan fingerprint density at radius 3 is 2.50 bits per heavy atom. The lowest BCUT2D eigenvalue weighted by molar-refractivity contribution is -0.274. The summed E-state index contributed by atoms with van der Waals surface area (Å²) >= 11 is 0. The maximum Gasteiger partial charge on any atom is 0.424 e. The molecule has 0 aromatic carbocycles. The molecule has 0 saturated carbocycles. The van der Waals surface area contributed by atoms with Crippen LogP contribution < -0.4 is 10.6 Å². The number of halogens is 3. The minimum atomic E-state index is -4.96. The second-order valence-corrected chi connectivity index (χ2v) is 5.22. The normalized spacial score (nSPS) is 14.2. The average molecular weight is 347 g/mol. The SMILES string of the molecule is Cc1cc(NC(=O)NCCC(O)(c2ccc(C)o2)C(F)(F)F)no1. The van der Waals surface area contributed by atoms with Gasteiger partial charge < -0.3 is 19.4 Å². The highest BCUT2D eigenvalue weighted by molar-refractivity contribution is 5.88. The number of nitrogens with zero attached hydrogens (tertiary/aromatic N) is 1. The highest BCUT2D eigenvalue weighted by atomic mass is 19.4. The molecule has 0 saturated heterocycles. The van der Waals surface area contributed by atoms with Gasteiger partial charge in [-0.2, -0.15) is 13.2 Å². The van der Waals surface area contributed by atoms with Crippen LogP contribution in [0.3, 0.4) is 0 Å². The monoisotopic (exact) mass is 347 g/mol. The molecule has 0 aliphatic heterocycles. The molecule has 10 heteroatoms. The fourth-order valence-corrected chi connectivity index (χ4v) is 2.00. The number of aryl methyl sites for hydroxylation is 2. The molecule has 2 heterocycles. The Hall–Kier alpha value is -2.49. The van der Waals surface area contributed by atoms with Crippen molar-refractivity contribution >= 4 is 11.8 Å². The Morgan fingerprint density at radius 1 is 1.29 bits per heavy atom. The van der Waals surface area contributed by atoms with Crippen LogP contribution in [0.2, 0.25) is 0 Å². The minimum absolute atomic E-state index is 0.123. The zero-order valence-corrected chi connectivity index (χ0v) is 12.9. The third kappa shape index (κ3) is 3.88. The van der Waals surface area contributed by atoms with Gasteiger partial charge in [-0.3, -0.25) is 5.32 Å². The zero-order chi connectivity index (χ0) is 18.0. The van der Waals surface area contributed by atoms with Gasteiger partial charge >= 0.3 is 12.2 Å². The number of carbonyl (C=O) groups is 1. The van der Waals surface area contributed by atoms with Gasteiger partial charge in [-0.05, 0) is 26.0 Å². The summed E-state index contributed by atoms with van der Waals surface area (Å²) in [5, 5.41) is 18.0. The molecule has 0 aliphatic rings. The van der Waals surface area contributed by atoms with E-state index in [9.17, 15) is 23.1 Å². The van der Waals surface area contributed by atoms with Crippen LogP contribution >= 0.6 is 0 Å². The van der Waals surface area contributed by atoms with Crippen LogP contribution in [0.4, 0.5) is 23.8 Å². The number of hydrogen-bond acceptors (Lipinski definition) is 5. The van der Waals surface area contributed by atoms with Crippen molar-refractivity contribution in [2.45, 2.75) is 32.0 Å². The highest BCUT2D eigenvalue weighted by Gasteiger charge is 2.56. The van der Waals surface area contributed by atoms with E-state index in [1.807, 2.05) is 0 Å². The Labute approximate surface area is 134 Å². The first-order chi connectivity index (χ1) is 11.1. The quantitative estimate of drug-likeness (QED) is 0.772. The number of hydrogen-bond donors (Lipinski definition) is 3. The van der Waals surface area contributed by atoms with Gasteiger partial charge in [-0.1, -0.05) is 5.16 Å². The van der Waals surface area contributed by atoms with Crippen LogP contribution in [-0.2, 0) is 5.60 Å². The molecule has 1 atom stereocenters. The number of nitrogens with one attached hydrogen (secondary N) is 2. The van der Waals surface area contributed by atoms with Gasteiger partial charge in [0.15, 0.2) is 5.82 Å². The molecule has 132 valence electrons. The number of aliphatic hydroxyl groups is 1. The van der Waals surface area contributed by atoms with Gasteiger partial charge in [0.1, 0.15) is 17.3 Å². The molecule has 2 rings (SSSR count). The Bertz CT molecular complexity index is 710. The van der Waals surface area contributed by atoms with E-state index in [0.29, 0.717) is 5.76 Å². The summed E-state index contributed by atoms with van der Waals surface area (Å²) in [6.07, 6.45) is -5.77. The first-order valence-electron chi connectivity index (χ1n) is 6.96. The largest absolute Gasteiger partial charge is 0.463 e. The maximum absolute atomic E-state index is 13.2. The average Bonchev–Trinajstić information content (AvgIpc) is 3.06. The fourth-order valence-electron chi connectivity index (χ4n) is 2.00. The van der Waals surface area contributed by atoms with Crippen LogP contribution in [0.5, 0.6) is 0 Å². The van der Waals surface area contributed by atoms with Gasteiger partial charge in [0.05, 0.1) is 0 Å². The number of amides is 2. The third-order valence-electron chi connectivity index (χ3n) is 3.26. The van der Waals surface area contributed by atoms with E-state index >= 15 is 0 Å². The number of anilines is 1. The number of urea groups is 1. The molecule has 0 radical (unpaired) electrons. The van der Waals surface area contributed by atoms with Gasteiger partial charge in [-0.25, -0.2) is 4.79 Å². The minimum Gasteiger partial charge on any atom is -0.463 e. The summed E-state index contributed by atoms with van der Waals surface area (Å²) in [6.45, 7) is 2.63. The summed E-state index contributed by atoms with van der Waals surface area (Å²) in [5.41, 5.74) is -3.20. The van der Waals surface area contributed by atoms with Crippen molar-refractivity contribution in [2.24, 2.45) is 0 Å². The lowest BCUT2D eigenvalue weighted by Crippen LogP contribution is -2.45. The number of aromatic nitrogens is 1.